The minimum atomic E-state index is -0.420. The van der Waals surface area contributed by atoms with Crippen LogP contribution in [0.1, 0.15) is 5.56 Å². The highest BCUT2D eigenvalue weighted by atomic mass is 19.1. The average Bonchev–Trinajstić information content (AvgIpc) is 3.22. The standard InChI is InChI=1S/C17H14FN5O/c18-14-7-3-2-6-13(14)17-19-21-23(20-17)11-16(24)22-10-9-12-5-1-4-8-15(12)22/h1-8H,9-11H2. The summed E-state index contributed by atoms with van der Waals surface area (Å²) in [5.74, 6) is -0.364. The van der Waals surface area contributed by atoms with E-state index < -0.39 is 5.82 Å². The molecule has 0 fully saturated rings. The predicted molar refractivity (Wildman–Crippen MR) is 85.7 cm³/mol. The zero-order valence-corrected chi connectivity index (χ0v) is 12.8. The third-order valence-electron chi connectivity index (χ3n) is 4.03. The molecule has 1 aliphatic heterocycles. The van der Waals surface area contributed by atoms with Gasteiger partial charge in [0.1, 0.15) is 12.4 Å². The first-order valence-electron chi connectivity index (χ1n) is 7.63. The number of carbonyl (C=O) groups is 1. The first-order valence-corrected chi connectivity index (χ1v) is 7.63. The lowest BCUT2D eigenvalue weighted by Gasteiger charge is -2.16. The number of nitrogens with zero attached hydrogens (tertiary/aromatic N) is 5. The molecule has 0 unspecified atom stereocenters. The van der Waals surface area contributed by atoms with Crippen LogP contribution in [0.15, 0.2) is 48.5 Å². The molecule has 1 amide bonds. The van der Waals surface area contributed by atoms with Crippen LogP contribution in [0.25, 0.3) is 11.4 Å². The van der Waals surface area contributed by atoms with E-state index in [9.17, 15) is 9.18 Å². The number of para-hydroxylation sites is 1. The van der Waals surface area contributed by atoms with Crippen LogP contribution in [0.3, 0.4) is 0 Å². The maximum Gasteiger partial charge on any atom is 0.250 e. The molecule has 0 spiro atoms. The van der Waals surface area contributed by atoms with Gasteiger partial charge in [0.2, 0.25) is 5.82 Å². The Hall–Kier alpha value is -3.09. The summed E-state index contributed by atoms with van der Waals surface area (Å²) in [6.07, 6.45) is 0.840. The molecule has 0 atom stereocenters. The first-order chi connectivity index (χ1) is 11.7. The van der Waals surface area contributed by atoms with Crippen molar-refractivity contribution in [2.75, 3.05) is 11.4 Å². The molecule has 0 aliphatic carbocycles. The van der Waals surface area contributed by atoms with Gasteiger partial charge in [0.15, 0.2) is 0 Å². The van der Waals surface area contributed by atoms with Crippen molar-refractivity contribution in [1.82, 2.24) is 20.2 Å². The Bertz CT molecular complexity index is 907. The number of tetrazole rings is 1. The third kappa shape index (κ3) is 2.54. The van der Waals surface area contributed by atoms with Crippen LogP contribution in [0.5, 0.6) is 0 Å². The summed E-state index contributed by atoms with van der Waals surface area (Å²) in [6, 6.07) is 14.0. The lowest BCUT2D eigenvalue weighted by atomic mass is 10.2. The second-order valence-electron chi connectivity index (χ2n) is 5.55. The molecule has 6 nitrogen and oxygen atoms in total. The molecule has 4 rings (SSSR count). The van der Waals surface area contributed by atoms with Crippen LogP contribution >= 0.6 is 0 Å². The maximum atomic E-state index is 13.8. The van der Waals surface area contributed by atoms with Crippen LogP contribution in [-0.4, -0.2) is 32.7 Å². The fourth-order valence-corrected chi connectivity index (χ4v) is 2.86. The van der Waals surface area contributed by atoms with E-state index in [-0.39, 0.29) is 23.8 Å². The lowest BCUT2D eigenvalue weighted by molar-refractivity contribution is -0.119. The second-order valence-corrected chi connectivity index (χ2v) is 5.55. The van der Waals surface area contributed by atoms with Crippen molar-refractivity contribution in [3.8, 4) is 11.4 Å². The van der Waals surface area contributed by atoms with Crippen molar-refractivity contribution in [2.24, 2.45) is 0 Å². The monoisotopic (exact) mass is 323 g/mol. The van der Waals surface area contributed by atoms with Crippen molar-refractivity contribution in [1.29, 1.82) is 0 Å². The van der Waals surface area contributed by atoms with Gasteiger partial charge in [-0.15, -0.1) is 10.2 Å². The molecule has 0 N–H and O–H groups in total. The fraction of sp³-hybridized carbons (Fsp3) is 0.176. The summed E-state index contributed by atoms with van der Waals surface area (Å²) >= 11 is 0. The van der Waals surface area contributed by atoms with Gasteiger partial charge >= 0.3 is 0 Å². The van der Waals surface area contributed by atoms with Crippen LogP contribution < -0.4 is 4.90 Å². The molecule has 7 heteroatoms. The number of benzene rings is 2. The van der Waals surface area contributed by atoms with Gasteiger partial charge < -0.3 is 4.90 Å². The van der Waals surface area contributed by atoms with E-state index in [0.29, 0.717) is 6.54 Å². The molecule has 0 saturated heterocycles. The highest BCUT2D eigenvalue weighted by Gasteiger charge is 2.25. The minimum Gasteiger partial charge on any atom is -0.310 e. The van der Waals surface area contributed by atoms with Crippen molar-refractivity contribution in [3.05, 3.63) is 59.9 Å². The molecule has 2 aromatic carbocycles. The van der Waals surface area contributed by atoms with E-state index in [4.69, 9.17) is 0 Å². The topological polar surface area (TPSA) is 63.9 Å². The molecule has 3 aromatic rings. The Morgan fingerprint density at radius 2 is 1.92 bits per heavy atom. The average molecular weight is 323 g/mol. The molecular weight excluding hydrogens is 309 g/mol. The number of hydrogen-bond donors (Lipinski definition) is 0. The largest absolute Gasteiger partial charge is 0.310 e. The predicted octanol–water partition coefficient (Wildman–Crippen LogP) is 2.07. The lowest BCUT2D eigenvalue weighted by Crippen LogP contribution is -2.32. The van der Waals surface area contributed by atoms with Gasteiger partial charge in [-0.05, 0) is 35.4 Å². The van der Waals surface area contributed by atoms with E-state index in [2.05, 4.69) is 15.4 Å². The number of anilines is 1. The number of fused-ring (bicyclic) bond motifs is 1. The van der Waals surface area contributed by atoms with Gasteiger partial charge in [0.05, 0.1) is 5.56 Å². The van der Waals surface area contributed by atoms with Crippen LogP contribution in [0, 0.1) is 5.82 Å². The van der Waals surface area contributed by atoms with Gasteiger partial charge in [0, 0.05) is 12.2 Å². The van der Waals surface area contributed by atoms with Crippen molar-refractivity contribution in [3.63, 3.8) is 0 Å². The zero-order chi connectivity index (χ0) is 16.5. The van der Waals surface area contributed by atoms with E-state index in [1.54, 1.807) is 23.1 Å². The van der Waals surface area contributed by atoms with Gasteiger partial charge in [-0.25, -0.2) is 4.39 Å². The number of hydrogen-bond acceptors (Lipinski definition) is 4. The molecule has 24 heavy (non-hydrogen) atoms. The summed E-state index contributed by atoms with van der Waals surface area (Å²) in [4.78, 5) is 15.4. The van der Waals surface area contributed by atoms with Crippen molar-refractivity contribution >= 4 is 11.6 Å². The quantitative estimate of drug-likeness (QED) is 0.740. The minimum absolute atomic E-state index is 0.0320. The highest BCUT2D eigenvalue weighted by molar-refractivity contribution is 5.95. The molecule has 0 radical (unpaired) electrons. The highest BCUT2D eigenvalue weighted by Crippen LogP contribution is 2.27. The summed E-state index contributed by atoms with van der Waals surface area (Å²) < 4.78 is 13.8. The van der Waals surface area contributed by atoms with Crippen molar-refractivity contribution < 1.29 is 9.18 Å². The number of halogens is 1. The molecule has 2 heterocycles. The Morgan fingerprint density at radius 1 is 1.12 bits per heavy atom. The Morgan fingerprint density at radius 3 is 2.79 bits per heavy atom. The Kier molecular flexibility index (Phi) is 3.53. The van der Waals surface area contributed by atoms with Gasteiger partial charge in [-0.2, -0.15) is 4.80 Å². The smallest absolute Gasteiger partial charge is 0.250 e. The summed E-state index contributed by atoms with van der Waals surface area (Å²) in [5.41, 5.74) is 2.35. The molecule has 1 aliphatic rings. The third-order valence-corrected chi connectivity index (χ3v) is 4.03. The number of carbonyl (C=O) groups excluding carboxylic acids is 1. The van der Waals surface area contributed by atoms with E-state index in [1.807, 2.05) is 24.3 Å². The summed E-state index contributed by atoms with van der Waals surface area (Å²) in [6.45, 7) is 0.614. The second kappa shape index (κ2) is 5.84. The van der Waals surface area contributed by atoms with E-state index in [0.717, 1.165) is 17.7 Å². The fourth-order valence-electron chi connectivity index (χ4n) is 2.86. The Labute approximate surface area is 137 Å². The normalized spacial score (nSPS) is 13.1. The SMILES string of the molecule is O=C(Cn1nnc(-c2ccccc2F)n1)N1CCc2ccccc21. The van der Waals surface area contributed by atoms with Crippen LogP contribution in [-0.2, 0) is 17.8 Å². The number of aromatic nitrogens is 4. The zero-order valence-electron chi connectivity index (χ0n) is 12.8. The van der Waals surface area contributed by atoms with Gasteiger partial charge in [0.25, 0.3) is 5.91 Å². The maximum absolute atomic E-state index is 13.8. The van der Waals surface area contributed by atoms with Gasteiger partial charge in [-0.1, -0.05) is 30.3 Å². The van der Waals surface area contributed by atoms with Crippen LogP contribution in [0.2, 0.25) is 0 Å². The van der Waals surface area contributed by atoms with E-state index in [1.165, 1.54) is 10.9 Å². The molecule has 0 bridgehead atoms. The summed E-state index contributed by atoms with van der Waals surface area (Å²) in [5, 5.41) is 11.8. The van der Waals surface area contributed by atoms with Crippen LogP contribution in [0.4, 0.5) is 10.1 Å². The molecule has 0 saturated carbocycles. The first kappa shape index (κ1) is 14.5. The Balaban J connectivity index is 1.53. The van der Waals surface area contributed by atoms with Crippen molar-refractivity contribution in [2.45, 2.75) is 13.0 Å². The molecule has 120 valence electrons. The van der Waals surface area contributed by atoms with E-state index >= 15 is 0 Å². The number of rotatable bonds is 3. The molecule has 1 aromatic heterocycles. The molecular formula is C17H14FN5O. The summed E-state index contributed by atoms with van der Waals surface area (Å²) in [7, 11) is 0. The van der Waals surface area contributed by atoms with Gasteiger partial charge in [-0.3, -0.25) is 4.79 Å². The number of amides is 1.